The summed E-state index contributed by atoms with van der Waals surface area (Å²) in [6, 6.07) is 0.476. The fourth-order valence-electron chi connectivity index (χ4n) is 1.37. The Labute approximate surface area is 94.4 Å². The van der Waals surface area contributed by atoms with E-state index in [2.05, 4.69) is 4.98 Å². The molecule has 0 radical (unpaired) electrons. The van der Waals surface area contributed by atoms with E-state index in [0.29, 0.717) is 6.07 Å². The Hall–Kier alpha value is -1.80. The summed E-state index contributed by atoms with van der Waals surface area (Å²) in [5.74, 6) is -3.01. The van der Waals surface area contributed by atoms with Crippen LogP contribution in [0.15, 0.2) is 12.1 Å². The second-order valence-electron chi connectivity index (χ2n) is 3.44. The van der Waals surface area contributed by atoms with Gasteiger partial charge in [0.1, 0.15) is 5.52 Å². The van der Waals surface area contributed by atoms with Crippen LogP contribution in [0.2, 0.25) is 0 Å². The topological polar surface area (TPSA) is 28.7 Å². The highest BCUT2D eigenvalue weighted by Crippen LogP contribution is 2.34. The summed E-state index contributed by atoms with van der Waals surface area (Å²) in [6.07, 6.45) is -9.73. The Morgan fingerprint density at radius 3 is 2.06 bits per heavy atom. The first-order valence-electron chi connectivity index (χ1n) is 4.42. The third-order valence-corrected chi connectivity index (χ3v) is 2.14. The number of nitrogens with zero attached hydrogens (tertiary/aromatic N) is 1. The van der Waals surface area contributed by atoms with Crippen molar-refractivity contribution in [3.8, 4) is 0 Å². The zero-order chi connectivity index (χ0) is 13.7. The summed E-state index contributed by atoms with van der Waals surface area (Å²) < 4.78 is 86.9. The van der Waals surface area contributed by atoms with Crippen LogP contribution in [0.4, 0.5) is 30.7 Å². The summed E-state index contributed by atoms with van der Waals surface area (Å²) in [7, 11) is 0. The summed E-state index contributed by atoms with van der Waals surface area (Å²) in [6.45, 7) is 0. The molecule has 1 aromatic carbocycles. The molecule has 0 unspecified atom stereocenters. The molecule has 0 fully saturated rings. The van der Waals surface area contributed by atoms with E-state index >= 15 is 0 Å². The van der Waals surface area contributed by atoms with E-state index in [0.717, 1.165) is 0 Å². The van der Waals surface area contributed by atoms with Gasteiger partial charge in [-0.2, -0.15) is 26.3 Å². The van der Waals surface area contributed by atoms with Crippen molar-refractivity contribution >= 4 is 11.0 Å². The van der Waals surface area contributed by atoms with Gasteiger partial charge in [-0.25, -0.2) is 9.37 Å². The van der Waals surface area contributed by atoms with Gasteiger partial charge in [-0.05, 0) is 12.1 Å². The van der Waals surface area contributed by atoms with Gasteiger partial charge in [0.15, 0.2) is 5.82 Å². The molecule has 9 heteroatoms. The van der Waals surface area contributed by atoms with Gasteiger partial charge in [-0.15, -0.1) is 0 Å². The van der Waals surface area contributed by atoms with E-state index in [-0.39, 0.29) is 6.07 Å². The molecule has 0 saturated carbocycles. The molecule has 98 valence electrons. The third-order valence-electron chi connectivity index (χ3n) is 2.14. The summed E-state index contributed by atoms with van der Waals surface area (Å²) in [5.41, 5.74) is -2.82. The number of fused-ring (bicyclic) bond motifs is 1. The average molecular weight is 272 g/mol. The maximum atomic E-state index is 13.2. The Bertz CT molecular complexity index is 593. The van der Waals surface area contributed by atoms with Gasteiger partial charge in [0.25, 0.3) is 0 Å². The first-order chi connectivity index (χ1) is 8.09. The number of halogens is 7. The first kappa shape index (κ1) is 12.7. The van der Waals surface area contributed by atoms with Crippen LogP contribution in [0.1, 0.15) is 11.4 Å². The molecular formula is C9H3F7N2. The molecule has 0 saturated heterocycles. The van der Waals surface area contributed by atoms with Gasteiger partial charge in [0, 0.05) is 0 Å². The minimum Gasteiger partial charge on any atom is -0.334 e. The molecule has 0 aliphatic carbocycles. The second kappa shape index (κ2) is 3.59. The molecule has 2 rings (SSSR count). The van der Waals surface area contributed by atoms with E-state index in [1.807, 2.05) is 0 Å². The molecule has 0 spiro atoms. The lowest BCUT2D eigenvalue weighted by atomic mass is 10.2. The van der Waals surface area contributed by atoms with Crippen LogP contribution in [0.3, 0.4) is 0 Å². The lowest BCUT2D eigenvalue weighted by molar-refractivity contribution is -0.144. The zero-order valence-electron chi connectivity index (χ0n) is 8.25. The van der Waals surface area contributed by atoms with Crippen molar-refractivity contribution in [2.24, 2.45) is 0 Å². The Balaban J connectivity index is 2.67. The number of H-pyrrole nitrogens is 1. The lowest BCUT2D eigenvalue weighted by Crippen LogP contribution is -2.06. The summed E-state index contributed by atoms with van der Waals surface area (Å²) in [5, 5.41) is 0. The van der Waals surface area contributed by atoms with Crippen LogP contribution in [0.5, 0.6) is 0 Å². The zero-order valence-corrected chi connectivity index (χ0v) is 8.25. The maximum absolute atomic E-state index is 13.2. The summed E-state index contributed by atoms with van der Waals surface area (Å²) >= 11 is 0. The van der Waals surface area contributed by atoms with E-state index in [4.69, 9.17) is 0 Å². The molecule has 1 heterocycles. The molecular weight excluding hydrogens is 269 g/mol. The fraction of sp³-hybridized carbons (Fsp3) is 0.222. The number of aromatic amines is 1. The van der Waals surface area contributed by atoms with Crippen LogP contribution in [-0.2, 0) is 12.4 Å². The number of alkyl halides is 6. The van der Waals surface area contributed by atoms with Crippen LogP contribution in [-0.4, -0.2) is 9.97 Å². The average Bonchev–Trinajstić information content (AvgIpc) is 2.59. The normalized spacial score (nSPS) is 13.3. The van der Waals surface area contributed by atoms with Gasteiger partial charge >= 0.3 is 12.4 Å². The van der Waals surface area contributed by atoms with Crippen LogP contribution in [0, 0.1) is 5.82 Å². The van der Waals surface area contributed by atoms with Gasteiger partial charge in [0.2, 0.25) is 5.82 Å². The van der Waals surface area contributed by atoms with Crippen molar-refractivity contribution in [2.45, 2.75) is 12.4 Å². The number of hydrogen-bond acceptors (Lipinski definition) is 1. The third kappa shape index (κ3) is 2.12. The van der Waals surface area contributed by atoms with E-state index in [1.165, 1.54) is 0 Å². The number of rotatable bonds is 0. The van der Waals surface area contributed by atoms with Gasteiger partial charge in [-0.1, -0.05) is 0 Å². The molecule has 2 aromatic rings. The van der Waals surface area contributed by atoms with Crippen molar-refractivity contribution in [3.05, 3.63) is 29.3 Å². The van der Waals surface area contributed by atoms with Gasteiger partial charge in [0.05, 0.1) is 11.1 Å². The molecule has 2 nitrogen and oxygen atoms in total. The number of benzene rings is 1. The van der Waals surface area contributed by atoms with E-state index < -0.39 is 40.6 Å². The number of aromatic nitrogens is 2. The molecule has 0 bridgehead atoms. The van der Waals surface area contributed by atoms with Crippen molar-refractivity contribution in [1.82, 2.24) is 9.97 Å². The smallest absolute Gasteiger partial charge is 0.334 e. The molecule has 0 aliphatic heterocycles. The first-order valence-corrected chi connectivity index (χ1v) is 4.42. The predicted octanol–water partition coefficient (Wildman–Crippen LogP) is 3.74. The van der Waals surface area contributed by atoms with Crippen molar-refractivity contribution < 1.29 is 30.7 Å². The standard InChI is InChI=1S/C9H3F7N2/c10-4-1-3(8(11,12)13)2-5-6(4)18-7(17-5)9(14,15)16/h1-2H,(H,17,18). The lowest BCUT2D eigenvalue weighted by Gasteiger charge is -2.06. The SMILES string of the molecule is Fc1cc(C(F)(F)F)cc2[nH]c(C(F)(F)F)nc12. The van der Waals surface area contributed by atoms with Crippen LogP contribution < -0.4 is 0 Å². The maximum Gasteiger partial charge on any atom is 0.449 e. The second-order valence-corrected chi connectivity index (χ2v) is 3.44. The highest BCUT2D eigenvalue weighted by atomic mass is 19.4. The number of nitrogens with one attached hydrogen (secondary N) is 1. The van der Waals surface area contributed by atoms with Gasteiger partial charge < -0.3 is 4.98 Å². The highest BCUT2D eigenvalue weighted by Gasteiger charge is 2.36. The van der Waals surface area contributed by atoms with Crippen molar-refractivity contribution in [2.75, 3.05) is 0 Å². The summed E-state index contributed by atoms with van der Waals surface area (Å²) in [4.78, 5) is 4.50. The van der Waals surface area contributed by atoms with E-state index in [9.17, 15) is 30.7 Å². The molecule has 1 aromatic heterocycles. The van der Waals surface area contributed by atoms with Crippen molar-refractivity contribution in [3.63, 3.8) is 0 Å². The molecule has 18 heavy (non-hydrogen) atoms. The predicted molar refractivity (Wildman–Crippen MR) is 46.1 cm³/mol. The largest absolute Gasteiger partial charge is 0.449 e. The quantitative estimate of drug-likeness (QED) is 0.727. The molecule has 0 aliphatic rings. The number of hydrogen-bond donors (Lipinski definition) is 1. The van der Waals surface area contributed by atoms with E-state index in [1.54, 1.807) is 4.98 Å². The van der Waals surface area contributed by atoms with Gasteiger partial charge in [-0.3, -0.25) is 0 Å². The highest BCUT2D eigenvalue weighted by molar-refractivity contribution is 5.77. The molecule has 1 N–H and O–H groups in total. The van der Waals surface area contributed by atoms with Crippen LogP contribution in [0.25, 0.3) is 11.0 Å². The number of imidazole rings is 1. The minimum atomic E-state index is -4.89. The van der Waals surface area contributed by atoms with Crippen LogP contribution >= 0.6 is 0 Å². The minimum absolute atomic E-state index is 0.101. The Morgan fingerprint density at radius 1 is 0.944 bits per heavy atom. The fourth-order valence-corrected chi connectivity index (χ4v) is 1.37. The van der Waals surface area contributed by atoms with Crippen molar-refractivity contribution in [1.29, 1.82) is 0 Å². The Kier molecular flexibility index (Phi) is 2.53. The molecule has 0 atom stereocenters. The Morgan fingerprint density at radius 2 is 1.56 bits per heavy atom. The monoisotopic (exact) mass is 272 g/mol. The molecule has 0 amide bonds.